The van der Waals surface area contributed by atoms with Crippen LogP contribution in [0.4, 0.5) is 5.69 Å². The Labute approximate surface area is 126 Å². The number of Topliss-reactive ketones (excluding diaryl/α,β-unsaturated/α-hetero) is 1. The predicted molar refractivity (Wildman–Crippen MR) is 80.8 cm³/mol. The summed E-state index contributed by atoms with van der Waals surface area (Å²) < 4.78 is 5.88. The molecule has 0 radical (unpaired) electrons. The monoisotopic (exact) mass is 292 g/mol. The van der Waals surface area contributed by atoms with Crippen LogP contribution in [0.5, 0.6) is 5.75 Å². The molecule has 0 bridgehead atoms. The maximum Gasteiger partial charge on any atom is 0.257 e. The zero-order valence-corrected chi connectivity index (χ0v) is 11.5. The van der Waals surface area contributed by atoms with Crippen LogP contribution in [0.15, 0.2) is 60.3 Å². The first-order valence-corrected chi connectivity index (χ1v) is 6.91. The number of hydrogen-bond donors (Lipinski definition) is 2. The molecule has 0 saturated carbocycles. The van der Waals surface area contributed by atoms with Crippen molar-refractivity contribution in [3.05, 3.63) is 71.4 Å². The minimum atomic E-state index is -0.635. The minimum Gasteiger partial charge on any atom is -0.466 e. The van der Waals surface area contributed by atoms with Gasteiger partial charge in [-0.1, -0.05) is 24.3 Å². The van der Waals surface area contributed by atoms with Crippen LogP contribution in [0.1, 0.15) is 20.7 Å². The Morgan fingerprint density at radius 2 is 1.64 bits per heavy atom. The van der Waals surface area contributed by atoms with Crippen molar-refractivity contribution in [2.75, 3.05) is 5.32 Å². The molecule has 2 N–H and O–H groups in total. The number of carbonyl (C=O) groups excluding carboxylic acids is 2. The topological polar surface area (TPSA) is 67.4 Å². The fourth-order valence-electron chi connectivity index (χ4n) is 2.64. The number of para-hydroxylation sites is 2. The summed E-state index contributed by atoms with van der Waals surface area (Å²) in [6.45, 7) is 0. The molecule has 4 rings (SSSR count). The first-order valence-electron chi connectivity index (χ1n) is 6.91. The van der Waals surface area contributed by atoms with Gasteiger partial charge in [-0.25, -0.2) is 0 Å². The third-order valence-corrected chi connectivity index (χ3v) is 3.74. The second-order valence-corrected chi connectivity index (χ2v) is 5.09. The molecule has 0 spiro atoms. The average Bonchev–Trinajstić information content (AvgIpc) is 2.53. The summed E-state index contributed by atoms with van der Waals surface area (Å²) in [6.07, 6.45) is 0.790. The van der Waals surface area contributed by atoms with Crippen molar-refractivity contribution < 1.29 is 14.3 Å². The predicted octanol–water partition coefficient (Wildman–Crippen LogP) is 2.33. The number of ether oxygens (including phenoxy) is 1. The number of fused-ring (bicyclic) bond motifs is 3. The van der Waals surface area contributed by atoms with Crippen molar-refractivity contribution in [1.82, 2.24) is 5.32 Å². The van der Waals surface area contributed by atoms with Gasteiger partial charge in [0.15, 0.2) is 5.78 Å². The zero-order valence-electron chi connectivity index (χ0n) is 11.5. The summed E-state index contributed by atoms with van der Waals surface area (Å²) >= 11 is 0. The van der Waals surface area contributed by atoms with Gasteiger partial charge in [0.25, 0.3) is 5.91 Å². The molecule has 0 fully saturated rings. The Morgan fingerprint density at radius 1 is 0.909 bits per heavy atom. The number of anilines is 1. The van der Waals surface area contributed by atoms with E-state index in [9.17, 15) is 9.59 Å². The van der Waals surface area contributed by atoms with E-state index >= 15 is 0 Å². The Bertz CT molecular complexity index is 826. The van der Waals surface area contributed by atoms with Crippen LogP contribution in [-0.4, -0.2) is 17.9 Å². The van der Waals surface area contributed by atoms with Crippen molar-refractivity contribution in [2.45, 2.75) is 6.23 Å². The summed E-state index contributed by atoms with van der Waals surface area (Å²) in [7, 11) is 0. The molecule has 1 atom stereocenters. The van der Waals surface area contributed by atoms with E-state index in [1.807, 2.05) is 12.1 Å². The van der Waals surface area contributed by atoms with Gasteiger partial charge in [0.1, 0.15) is 5.75 Å². The normalized spacial score (nSPS) is 21.5. The van der Waals surface area contributed by atoms with Crippen LogP contribution in [0.3, 0.4) is 0 Å². The van der Waals surface area contributed by atoms with Gasteiger partial charge in [0.2, 0.25) is 6.23 Å². The van der Waals surface area contributed by atoms with Gasteiger partial charge < -0.3 is 15.4 Å². The number of benzene rings is 2. The highest BCUT2D eigenvalue weighted by atomic mass is 16.5. The van der Waals surface area contributed by atoms with Gasteiger partial charge in [-0.15, -0.1) is 0 Å². The van der Waals surface area contributed by atoms with Crippen molar-refractivity contribution in [3.63, 3.8) is 0 Å². The maximum absolute atomic E-state index is 12.6. The highest BCUT2D eigenvalue weighted by Gasteiger charge is 2.33. The lowest BCUT2D eigenvalue weighted by Gasteiger charge is -2.30. The quantitative estimate of drug-likeness (QED) is 0.782. The van der Waals surface area contributed by atoms with E-state index in [-0.39, 0.29) is 11.7 Å². The van der Waals surface area contributed by atoms with E-state index in [0.717, 1.165) is 0 Å². The van der Waals surface area contributed by atoms with Crippen LogP contribution in [-0.2, 0) is 0 Å². The largest absolute Gasteiger partial charge is 0.466 e. The van der Waals surface area contributed by atoms with E-state index in [1.54, 1.807) is 36.4 Å². The highest BCUT2D eigenvalue weighted by molar-refractivity contribution is 6.13. The molecule has 1 unspecified atom stereocenters. The molecule has 22 heavy (non-hydrogen) atoms. The van der Waals surface area contributed by atoms with E-state index in [0.29, 0.717) is 28.1 Å². The third-order valence-electron chi connectivity index (χ3n) is 3.74. The first-order chi connectivity index (χ1) is 10.7. The minimum absolute atomic E-state index is 0.154. The van der Waals surface area contributed by atoms with Gasteiger partial charge in [-0.3, -0.25) is 9.59 Å². The van der Waals surface area contributed by atoms with Crippen LogP contribution >= 0.6 is 0 Å². The summed E-state index contributed by atoms with van der Waals surface area (Å²) in [5.41, 5.74) is 2.01. The van der Waals surface area contributed by atoms with E-state index in [4.69, 9.17) is 4.74 Å². The van der Waals surface area contributed by atoms with E-state index in [2.05, 4.69) is 10.6 Å². The molecule has 1 amide bonds. The smallest absolute Gasteiger partial charge is 0.257 e. The lowest BCUT2D eigenvalue weighted by Crippen LogP contribution is -2.40. The molecule has 2 aromatic carbocycles. The summed E-state index contributed by atoms with van der Waals surface area (Å²) in [5.74, 6) is 0.117. The number of hydrogen-bond acceptors (Lipinski definition) is 4. The SMILES string of the molecule is O=C1N/C=C2/C(=O)c3ccccc3OC2Nc2ccccc21. The van der Waals surface area contributed by atoms with Gasteiger partial charge in [0, 0.05) is 11.9 Å². The van der Waals surface area contributed by atoms with E-state index in [1.165, 1.54) is 6.20 Å². The Morgan fingerprint density at radius 3 is 2.50 bits per heavy atom. The van der Waals surface area contributed by atoms with Crippen molar-refractivity contribution >= 4 is 17.4 Å². The Kier molecular flexibility index (Phi) is 2.72. The van der Waals surface area contributed by atoms with Crippen LogP contribution in [0, 0.1) is 0 Å². The summed E-state index contributed by atoms with van der Waals surface area (Å²) in [6, 6.07) is 14.2. The third kappa shape index (κ3) is 1.87. The number of carbonyl (C=O) groups is 2. The van der Waals surface area contributed by atoms with Crippen LogP contribution in [0.25, 0.3) is 0 Å². The van der Waals surface area contributed by atoms with Crippen molar-refractivity contribution in [1.29, 1.82) is 0 Å². The first kappa shape index (κ1) is 12.6. The van der Waals surface area contributed by atoms with Crippen LogP contribution < -0.4 is 15.4 Å². The summed E-state index contributed by atoms with van der Waals surface area (Å²) in [4.78, 5) is 24.7. The van der Waals surface area contributed by atoms with Crippen molar-refractivity contribution in [3.8, 4) is 5.75 Å². The molecule has 2 aliphatic heterocycles. The molecule has 0 saturated heterocycles. The standard InChI is InChI=1S/C17H12N2O3/c20-15-11-6-2-4-8-14(11)22-17-12(15)9-18-16(21)10-5-1-3-7-13(10)19-17/h1-9,17,19H,(H,18,21)/b12-9-. The lowest BCUT2D eigenvalue weighted by atomic mass is 9.98. The Hall–Kier alpha value is -3.08. The van der Waals surface area contributed by atoms with Gasteiger partial charge in [-0.05, 0) is 24.3 Å². The number of ketones is 1. The highest BCUT2D eigenvalue weighted by Crippen LogP contribution is 2.32. The molecule has 0 aromatic heterocycles. The molecule has 5 heteroatoms. The van der Waals surface area contributed by atoms with Crippen LogP contribution in [0.2, 0.25) is 0 Å². The number of rotatable bonds is 0. The molecule has 5 nitrogen and oxygen atoms in total. The van der Waals surface area contributed by atoms with Gasteiger partial charge in [-0.2, -0.15) is 0 Å². The van der Waals surface area contributed by atoms with Gasteiger partial charge >= 0.3 is 0 Å². The molecular formula is C17H12N2O3. The lowest BCUT2D eigenvalue weighted by molar-refractivity contribution is 0.0958. The zero-order chi connectivity index (χ0) is 15.1. The molecule has 0 aliphatic carbocycles. The van der Waals surface area contributed by atoms with Crippen molar-refractivity contribution in [2.24, 2.45) is 0 Å². The average molecular weight is 292 g/mol. The Balaban J connectivity index is 1.82. The van der Waals surface area contributed by atoms with E-state index < -0.39 is 6.23 Å². The number of nitrogens with one attached hydrogen (secondary N) is 2. The molecule has 2 aliphatic rings. The maximum atomic E-state index is 12.6. The fourth-order valence-corrected chi connectivity index (χ4v) is 2.64. The second kappa shape index (κ2) is 4.73. The molecule has 2 heterocycles. The number of amides is 1. The molecular weight excluding hydrogens is 280 g/mol. The molecule has 108 valence electrons. The second-order valence-electron chi connectivity index (χ2n) is 5.09. The molecule has 2 aromatic rings. The fraction of sp³-hybridized carbons (Fsp3) is 0.0588. The van der Waals surface area contributed by atoms with Gasteiger partial charge in [0.05, 0.1) is 16.7 Å². The summed E-state index contributed by atoms with van der Waals surface area (Å²) in [5, 5.41) is 5.79.